The smallest absolute Gasteiger partial charge is 0.238 e. The van der Waals surface area contributed by atoms with Gasteiger partial charge in [0, 0.05) is 22.3 Å². The number of nitrogens with zero attached hydrogens (tertiary/aromatic N) is 1. The molecule has 0 fully saturated rings. The molecule has 1 unspecified atom stereocenters. The van der Waals surface area contributed by atoms with Gasteiger partial charge in [0.05, 0.1) is 6.54 Å². The molecule has 0 saturated heterocycles. The Morgan fingerprint density at radius 1 is 1.17 bits per heavy atom. The normalized spacial score (nSPS) is 12.0. The summed E-state index contributed by atoms with van der Waals surface area (Å²) in [6, 6.07) is 14.6. The molecule has 1 N–H and O–H groups in total. The molecule has 0 spiro atoms. The second kappa shape index (κ2) is 8.08. The quantitative estimate of drug-likeness (QED) is 0.800. The van der Waals surface area contributed by atoms with Gasteiger partial charge in [-0.3, -0.25) is 14.5 Å². The maximum absolute atomic E-state index is 12.2. The molecule has 0 aromatic heterocycles. The first-order chi connectivity index (χ1) is 11.4. The molecule has 1 atom stereocenters. The van der Waals surface area contributed by atoms with Crippen molar-refractivity contribution in [2.45, 2.75) is 19.9 Å². The molecule has 4 nitrogen and oxygen atoms in total. The topological polar surface area (TPSA) is 49.4 Å². The summed E-state index contributed by atoms with van der Waals surface area (Å²) in [5, 5.41) is 3.52. The Kier molecular flexibility index (Phi) is 6.12. The maximum Gasteiger partial charge on any atom is 0.238 e. The largest absolute Gasteiger partial charge is 0.325 e. The van der Waals surface area contributed by atoms with Crippen LogP contribution in [0.15, 0.2) is 48.5 Å². The number of Topliss-reactive ketones (excluding diaryl/α,β-unsaturated/α-hetero) is 1. The minimum atomic E-state index is -0.126. The van der Waals surface area contributed by atoms with Gasteiger partial charge < -0.3 is 5.32 Å². The molecular formula is C19H21ClN2O2. The summed E-state index contributed by atoms with van der Waals surface area (Å²) >= 11 is 5.90. The molecule has 0 radical (unpaired) electrons. The Morgan fingerprint density at radius 2 is 1.83 bits per heavy atom. The molecule has 5 heteroatoms. The summed E-state index contributed by atoms with van der Waals surface area (Å²) in [6.45, 7) is 3.78. The molecule has 24 heavy (non-hydrogen) atoms. The van der Waals surface area contributed by atoms with Gasteiger partial charge in [0.2, 0.25) is 5.91 Å². The van der Waals surface area contributed by atoms with Crippen molar-refractivity contribution < 1.29 is 9.59 Å². The SMILES string of the molecule is CC(=O)c1cccc(NC(=O)CN(C)C(C)c2ccc(Cl)cc2)c1. The zero-order valence-corrected chi connectivity index (χ0v) is 14.8. The fourth-order valence-corrected chi connectivity index (χ4v) is 2.50. The van der Waals surface area contributed by atoms with E-state index in [1.165, 1.54) is 6.92 Å². The summed E-state index contributed by atoms with van der Waals surface area (Å²) in [4.78, 5) is 25.6. The van der Waals surface area contributed by atoms with Crippen LogP contribution in [0.5, 0.6) is 0 Å². The van der Waals surface area contributed by atoms with E-state index in [1.807, 2.05) is 43.1 Å². The highest BCUT2D eigenvalue weighted by atomic mass is 35.5. The fourth-order valence-electron chi connectivity index (χ4n) is 2.38. The lowest BCUT2D eigenvalue weighted by molar-refractivity contribution is -0.117. The number of rotatable bonds is 6. The Balaban J connectivity index is 1.97. The van der Waals surface area contributed by atoms with Crippen molar-refractivity contribution in [3.8, 4) is 0 Å². The molecular weight excluding hydrogens is 324 g/mol. The molecule has 2 rings (SSSR count). The van der Waals surface area contributed by atoms with Crippen molar-refractivity contribution in [2.75, 3.05) is 18.9 Å². The third kappa shape index (κ3) is 4.91. The van der Waals surface area contributed by atoms with E-state index in [4.69, 9.17) is 11.6 Å². The molecule has 2 aromatic rings. The molecule has 0 bridgehead atoms. The van der Waals surface area contributed by atoms with Gasteiger partial charge in [-0.1, -0.05) is 35.9 Å². The molecule has 0 saturated carbocycles. The van der Waals surface area contributed by atoms with Gasteiger partial charge in [0.1, 0.15) is 0 Å². The van der Waals surface area contributed by atoms with E-state index >= 15 is 0 Å². The van der Waals surface area contributed by atoms with E-state index in [9.17, 15) is 9.59 Å². The number of carbonyl (C=O) groups excluding carboxylic acids is 2. The van der Waals surface area contributed by atoms with E-state index in [0.29, 0.717) is 16.3 Å². The predicted octanol–water partition coefficient (Wildman–Crippen LogP) is 4.17. The van der Waals surface area contributed by atoms with Gasteiger partial charge in [-0.05, 0) is 50.7 Å². The summed E-state index contributed by atoms with van der Waals surface area (Å²) < 4.78 is 0. The van der Waals surface area contributed by atoms with Gasteiger partial charge in [-0.25, -0.2) is 0 Å². The maximum atomic E-state index is 12.2. The molecule has 2 aromatic carbocycles. The van der Waals surface area contributed by atoms with Crippen molar-refractivity contribution in [1.82, 2.24) is 4.90 Å². The van der Waals surface area contributed by atoms with Gasteiger partial charge in [-0.15, -0.1) is 0 Å². The average Bonchev–Trinajstić information content (AvgIpc) is 2.55. The van der Waals surface area contributed by atoms with Crippen LogP contribution >= 0.6 is 11.6 Å². The van der Waals surface area contributed by atoms with Crippen molar-refractivity contribution >= 4 is 29.0 Å². The first kappa shape index (κ1) is 18.2. The number of benzene rings is 2. The minimum Gasteiger partial charge on any atom is -0.325 e. The third-order valence-electron chi connectivity index (χ3n) is 3.96. The number of hydrogen-bond acceptors (Lipinski definition) is 3. The Hall–Kier alpha value is -2.17. The number of hydrogen-bond donors (Lipinski definition) is 1. The molecule has 1 amide bonds. The van der Waals surface area contributed by atoms with Crippen LogP contribution < -0.4 is 5.32 Å². The fraction of sp³-hybridized carbons (Fsp3) is 0.263. The number of carbonyl (C=O) groups is 2. The Morgan fingerprint density at radius 3 is 2.46 bits per heavy atom. The zero-order valence-electron chi connectivity index (χ0n) is 14.0. The van der Waals surface area contributed by atoms with Crippen LogP contribution in [-0.2, 0) is 4.79 Å². The van der Waals surface area contributed by atoms with Crippen molar-refractivity contribution in [2.24, 2.45) is 0 Å². The van der Waals surface area contributed by atoms with E-state index in [-0.39, 0.29) is 24.3 Å². The van der Waals surface area contributed by atoms with E-state index < -0.39 is 0 Å². The van der Waals surface area contributed by atoms with E-state index in [2.05, 4.69) is 5.32 Å². The van der Waals surface area contributed by atoms with Crippen LogP contribution in [0.25, 0.3) is 0 Å². The summed E-state index contributed by atoms with van der Waals surface area (Å²) in [6.07, 6.45) is 0. The van der Waals surface area contributed by atoms with Crippen LogP contribution in [0.3, 0.4) is 0 Å². The molecule has 126 valence electrons. The monoisotopic (exact) mass is 344 g/mol. The first-order valence-electron chi connectivity index (χ1n) is 7.73. The lowest BCUT2D eigenvalue weighted by Crippen LogP contribution is -2.32. The van der Waals surface area contributed by atoms with Crippen LogP contribution in [0.1, 0.15) is 35.8 Å². The predicted molar refractivity (Wildman–Crippen MR) is 97.6 cm³/mol. The molecule has 0 aliphatic carbocycles. The van der Waals surface area contributed by atoms with Crippen molar-refractivity contribution in [3.63, 3.8) is 0 Å². The number of halogens is 1. The summed E-state index contributed by atoms with van der Waals surface area (Å²) in [5.74, 6) is -0.154. The van der Waals surface area contributed by atoms with Gasteiger partial charge in [0.15, 0.2) is 5.78 Å². The summed E-state index contributed by atoms with van der Waals surface area (Å²) in [7, 11) is 1.89. The lowest BCUT2D eigenvalue weighted by atomic mass is 10.1. The van der Waals surface area contributed by atoms with E-state index in [0.717, 1.165) is 5.56 Å². The second-order valence-corrected chi connectivity index (χ2v) is 6.26. The standard InChI is InChI=1S/C19H21ClN2O2/c1-13(15-7-9-17(20)10-8-15)22(3)12-19(24)21-18-6-4-5-16(11-18)14(2)23/h4-11,13H,12H2,1-3H3,(H,21,24). The zero-order chi connectivity index (χ0) is 17.7. The minimum absolute atomic E-state index is 0.0282. The first-order valence-corrected chi connectivity index (χ1v) is 8.11. The van der Waals surface area contributed by atoms with Crippen molar-refractivity contribution in [3.05, 3.63) is 64.7 Å². The van der Waals surface area contributed by atoms with Crippen LogP contribution in [0, 0.1) is 0 Å². The van der Waals surface area contributed by atoms with Gasteiger partial charge in [0.25, 0.3) is 0 Å². The number of ketones is 1. The highest BCUT2D eigenvalue weighted by molar-refractivity contribution is 6.30. The number of likely N-dealkylation sites (N-methyl/N-ethyl adjacent to an activating group) is 1. The van der Waals surface area contributed by atoms with Crippen LogP contribution in [0.4, 0.5) is 5.69 Å². The van der Waals surface area contributed by atoms with Crippen LogP contribution in [0.2, 0.25) is 5.02 Å². The van der Waals surface area contributed by atoms with Crippen molar-refractivity contribution in [1.29, 1.82) is 0 Å². The highest BCUT2D eigenvalue weighted by Crippen LogP contribution is 2.20. The number of anilines is 1. The average molecular weight is 345 g/mol. The van der Waals surface area contributed by atoms with Crippen LogP contribution in [-0.4, -0.2) is 30.2 Å². The lowest BCUT2D eigenvalue weighted by Gasteiger charge is -2.24. The Bertz CT molecular complexity index is 728. The Labute approximate surface area is 147 Å². The second-order valence-electron chi connectivity index (χ2n) is 5.83. The molecule has 0 aliphatic rings. The molecule has 0 heterocycles. The van der Waals surface area contributed by atoms with Gasteiger partial charge >= 0.3 is 0 Å². The summed E-state index contributed by atoms with van der Waals surface area (Å²) in [5.41, 5.74) is 2.30. The third-order valence-corrected chi connectivity index (χ3v) is 4.21. The van der Waals surface area contributed by atoms with E-state index in [1.54, 1.807) is 24.3 Å². The number of nitrogens with one attached hydrogen (secondary N) is 1. The highest BCUT2D eigenvalue weighted by Gasteiger charge is 2.15. The number of amides is 1. The van der Waals surface area contributed by atoms with Gasteiger partial charge in [-0.2, -0.15) is 0 Å². The molecule has 0 aliphatic heterocycles.